The van der Waals surface area contributed by atoms with Gasteiger partial charge in [0.15, 0.2) is 0 Å². The second-order valence-electron chi connectivity index (χ2n) is 7.62. The fraction of sp³-hybridized carbons (Fsp3) is 0.217. The molecule has 0 aliphatic carbocycles. The molecule has 0 radical (unpaired) electrons. The van der Waals surface area contributed by atoms with E-state index in [9.17, 15) is 23.1 Å². The SMILES string of the molecule is COC(=O)C1CN(C(=O)c2cc(C)cs2)c2ccccc2CN1S(=O)(=O)c1ccc(O)cc1. The molecular formula is C23H22N2O6S2. The number of methoxy groups -OCH3 is 1. The highest BCUT2D eigenvalue weighted by atomic mass is 32.2. The smallest absolute Gasteiger partial charge is 0.326 e. The molecule has 1 aromatic heterocycles. The molecule has 0 saturated heterocycles. The highest BCUT2D eigenvalue weighted by molar-refractivity contribution is 7.89. The third-order valence-electron chi connectivity index (χ3n) is 5.41. The van der Waals surface area contributed by atoms with Gasteiger partial charge in [0.25, 0.3) is 5.91 Å². The average Bonchev–Trinajstić information content (AvgIpc) is 3.16. The quantitative estimate of drug-likeness (QED) is 0.568. The summed E-state index contributed by atoms with van der Waals surface area (Å²) in [5, 5.41) is 11.4. The third kappa shape index (κ3) is 4.37. The second-order valence-corrected chi connectivity index (χ2v) is 10.4. The van der Waals surface area contributed by atoms with Crippen molar-refractivity contribution in [2.24, 2.45) is 0 Å². The maximum absolute atomic E-state index is 13.6. The van der Waals surface area contributed by atoms with Gasteiger partial charge in [0.05, 0.1) is 23.4 Å². The molecule has 1 aliphatic rings. The Balaban J connectivity index is 1.84. The van der Waals surface area contributed by atoms with Crippen LogP contribution in [-0.4, -0.2) is 49.4 Å². The molecule has 0 spiro atoms. The van der Waals surface area contributed by atoms with E-state index in [0.717, 1.165) is 9.87 Å². The van der Waals surface area contributed by atoms with Crippen LogP contribution in [-0.2, 0) is 26.1 Å². The van der Waals surface area contributed by atoms with E-state index in [1.54, 1.807) is 30.3 Å². The fourth-order valence-corrected chi connectivity index (χ4v) is 6.14. The lowest BCUT2D eigenvalue weighted by Gasteiger charge is -2.29. The van der Waals surface area contributed by atoms with Crippen molar-refractivity contribution in [2.45, 2.75) is 24.4 Å². The first-order valence-electron chi connectivity index (χ1n) is 10.1. The molecule has 33 heavy (non-hydrogen) atoms. The predicted molar refractivity (Wildman–Crippen MR) is 124 cm³/mol. The number of aryl methyl sites for hydroxylation is 1. The van der Waals surface area contributed by atoms with Crippen molar-refractivity contribution in [3.05, 3.63) is 76.0 Å². The van der Waals surface area contributed by atoms with Crippen LogP contribution in [0.15, 0.2) is 64.9 Å². The van der Waals surface area contributed by atoms with Gasteiger partial charge in [-0.2, -0.15) is 4.31 Å². The van der Waals surface area contributed by atoms with Gasteiger partial charge >= 0.3 is 5.97 Å². The zero-order valence-corrected chi connectivity index (χ0v) is 19.6. The highest BCUT2D eigenvalue weighted by Crippen LogP contribution is 2.33. The minimum Gasteiger partial charge on any atom is -0.508 e. The van der Waals surface area contributed by atoms with Gasteiger partial charge in [-0.25, -0.2) is 8.42 Å². The number of phenolic OH excluding ortho intramolecular Hbond substituents is 1. The summed E-state index contributed by atoms with van der Waals surface area (Å²) >= 11 is 1.29. The monoisotopic (exact) mass is 486 g/mol. The van der Waals surface area contributed by atoms with Gasteiger partial charge in [0, 0.05) is 12.2 Å². The number of anilines is 1. The predicted octanol–water partition coefficient (Wildman–Crippen LogP) is 3.16. The number of thiophene rings is 1. The summed E-state index contributed by atoms with van der Waals surface area (Å²) in [6.45, 7) is 1.54. The van der Waals surface area contributed by atoms with Crippen LogP contribution < -0.4 is 4.90 Å². The van der Waals surface area contributed by atoms with Gasteiger partial charge < -0.3 is 14.7 Å². The molecular weight excluding hydrogens is 464 g/mol. The Morgan fingerprint density at radius 1 is 1.12 bits per heavy atom. The van der Waals surface area contributed by atoms with Crippen LogP contribution in [0.1, 0.15) is 20.8 Å². The van der Waals surface area contributed by atoms with Crippen LogP contribution in [0.2, 0.25) is 0 Å². The van der Waals surface area contributed by atoms with E-state index < -0.39 is 22.0 Å². The Morgan fingerprint density at radius 2 is 1.82 bits per heavy atom. The van der Waals surface area contributed by atoms with Crippen molar-refractivity contribution in [3.8, 4) is 5.75 Å². The number of sulfonamides is 1. The summed E-state index contributed by atoms with van der Waals surface area (Å²) in [6, 6.07) is 12.5. The molecule has 0 bridgehead atoms. The number of hydrogen-bond donors (Lipinski definition) is 1. The van der Waals surface area contributed by atoms with E-state index in [1.807, 2.05) is 12.3 Å². The number of carbonyl (C=O) groups excluding carboxylic acids is 2. The number of carbonyl (C=O) groups is 2. The minimum atomic E-state index is -4.17. The number of esters is 1. The largest absolute Gasteiger partial charge is 0.508 e. The highest BCUT2D eigenvalue weighted by Gasteiger charge is 2.42. The molecule has 0 fully saturated rings. The van der Waals surface area contributed by atoms with Crippen LogP contribution in [0.4, 0.5) is 5.69 Å². The molecule has 0 saturated carbocycles. The van der Waals surface area contributed by atoms with Crippen LogP contribution in [0.3, 0.4) is 0 Å². The van der Waals surface area contributed by atoms with Crippen LogP contribution in [0, 0.1) is 6.92 Å². The molecule has 2 aromatic carbocycles. The van der Waals surface area contributed by atoms with Crippen molar-refractivity contribution >= 4 is 38.9 Å². The Morgan fingerprint density at radius 3 is 2.45 bits per heavy atom. The molecule has 8 nitrogen and oxygen atoms in total. The number of fused-ring (bicyclic) bond motifs is 1. The Hall–Kier alpha value is -3.21. The number of rotatable bonds is 4. The molecule has 1 unspecified atom stereocenters. The number of benzene rings is 2. The molecule has 2 heterocycles. The summed E-state index contributed by atoms with van der Waals surface area (Å²) in [5.74, 6) is -1.17. The Bertz CT molecular complexity index is 1300. The lowest BCUT2D eigenvalue weighted by Crippen LogP contribution is -2.50. The van der Waals surface area contributed by atoms with Crippen molar-refractivity contribution in [3.63, 3.8) is 0 Å². The summed E-state index contributed by atoms with van der Waals surface area (Å²) in [5.41, 5.74) is 2.05. The zero-order valence-electron chi connectivity index (χ0n) is 18.0. The van der Waals surface area contributed by atoms with Crippen molar-refractivity contribution in [1.29, 1.82) is 0 Å². The van der Waals surface area contributed by atoms with Gasteiger partial charge in [0.1, 0.15) is 11.8 Å². The third-order valence-corrected chi connectivity index (χ3v) is 8.32. The zero-order chi connectivity index (χ0) is 23.8. The van der Waals surface area contributed by atoms with Crippen LogP contribution >= 0.6 is 11.3 Å². The van der Waals surface area contributed by atoms with E-state index in [4.69, 9.17) is 4.74 Å². The van der Waals surface area contributed by atoms with Crippen LogP contribution in [0.5, 0.6) is 5.75 Å². The van der Waals surface area contributed by atoms with Gasteiger partial charge in [-0.15, -0.1) is 11.3 Å². The number of phenols is 1. The number of para-hydroxylation sites is 1. The minimum absolute atomic E-state index is 0.0808. The topological polar surface area (TPSA) is 104 Å². The number of nitrogens with zero attached hydrogens (tertiary/aromatic N) is 2. The molecule has 4 rings (SSSR count). The average molecular weight is 487 g/mol. The summed E-state index contributed by atoms with van der Waals surface area (Å²) < 4.78 is 33.1. The standard InChI is InChI=1S/C23H22N2O6S2/c1-15-11-21(32-14-15)22(27)24-13-20(23(28)31-2)25(12-16-5-3-4-6-19(16)24)33(29,30)18-9-7-17(26)8-10-18/h3-11,14,20,26H,12-13H2,1-2H3. The lowest BCUT2D eigenvalue weighted by molar-refractivity contribution is -0.144. The maximum atomic E-state index is 13.6. The summed E-state index contributed by atoms with van der Waals surface area (Å²) in [4.78, 5) is 28.1. The van der Waals surface area contributed by atoms with Gasteiger partial charge in [0.2, 0.25) is 10.0 Å². The Labute approximate surface area is 195 Å². The molecule has 1 N–H and O–H groups in total. The number of aromatic hydroxyl groups is 1. The molecule has 3 aromatic rings. The van der Waals surface area contributed by atoms with Crippen LogP contribution in [0.25, 0.3) is 0 Å². The van der Waals surface area contributed by atoms with Gasteiger partial charge in [-0.3, -0.25) is 9.59 Å². The molecule has 1 aliphatic heterocycles. The first-order chi connectivity index (χ1) is 15.7. The van der Waals surface area contributed by atoms with Gasteiger partial charge in [-0.1, -0.05) is 18.2 Å². The van der Waals surface area contributed by atoms with Crippen molar-refractivity contribution < 1.29 is 27.9 Å². The first kappa shape index (κ1) is 23.0. The normalized spacial score (nSPS) is 16.7. The van der Waals surface area contributed by atoms with E-state index in [1.165, 1.54) is 47.6 Å². The van der Waals surface area contributed by atoms with Gasteiger partial charge in [-0.05, 0) is 59.8 Å². The lowest BCUT2D eigenvalue weighted by atomic mass is 10.1. The molecule has 1 atom stereocenters. The number of amides is 1. The Kier molecular flexibility index (Phi) is 6.24. The fourth-order valence-electron chi connectivity index (χ4n) is 3.75. The van der Waals surface area contributed by atoms with E-state index >= 15 is 0 Å². The van der Waals surface area contributed by atoms with Crippen molar-refractivity contribution in [2.75, 3.05) is 18.6 Å². The van der Waals surface area contributed by atoms with E-state index in [2.05, 4.69) is 0 Å². The summed E-state index contributed by atoms with van der Waals surface area (Å²) in [7, 11) is -2.99. The number of hydrogen-bond acceptors (Lipinski definition) is 7. The van der Waals surface area contributed by atoms with Crippen molar-refractivity contribution in [1.82, 2.24) is 4.31 Å². The van der Waals surface area contributed by atoms with E-state index in [-0.39, 0.29) is 29.6 Å². The molecule has 10 heteroatoms. The van der Waals surface area contributed by atoms with E-state index in [0.29, 0.717) is 16.1 Å². The molecule has 1 amide bonds. The number of ether oxygens (including phenoxy) is 1. The first-order valence-corrected chi connectivity index (χ1v) is 12.4. The maximum Gasteiger partial charge on any atom is 0.326 e. The summed E-state index contributed by atoms with van der Waals surface area (Å²) in [6.07, 6.45) is 0. The second kappa shape index (κ2) is 8.97. The molecule has 172 valence electrons.